The van der Waals surface area contributed by atoms with Crippen LogP contribution in [0, 0.1) is 6.92 Å². The van der Waals surface area contributed by atoms with Crippen LogP contribution in [0.1, 0.15) is 38.3 Å². The summed E-state index contributed by atoms with van der Waals surface area (Å²) in [6.07, 6.45) is 0.485. The van der Waals surface area contributed by atoms with Gasteiger partial charge in [-0.2, -0.15) is 0 Å². The lowest BCUT2D eigenvalue weighted by molar-refractivity contribution is -0.152. The van der Waals surface area contributed by atoms with E-state index in [0.717, 1.165) is 11.1 Å². The van der Waals surface area contributed by atoms with Crippen molar-refractivity contribution < 1.29 is 9.90 Å². The van der Waals surface area contributed by atoms with Crippen LogP contribution in [0.3, 0.4) is 0 Å². The SMILES string of the molecule is CCN(CC)[C@@](CC)(C(=O)O)c1c(C)cccc1N. The first kappa shape index (κ1) is 15.5. The second kappa shape index (κ2) is 6.06. The van der Waals surface area contributed by atoms with E-state index >= 15 is 0 Å². The lowest BCUT2D eigenvalue weighted by Crippen LogP contribution is -2.52. The minimum absolute atomic E-state index is 0.485. The summed E-state index contributed by atoms with van der Waals surface area (Å²) in [5.41, 5.74) is 7.24. The predicted octanol–water partition coefficient (Wildman–Crippen LogP) is 2.61. The summed E-state index contributed by atoms with van der Waals surface area (Å²) in [4.78, 5) is 14.0. The van der Waals surface area contributed by atoms with Crippen molar-refractivity contribution in [3.8, 4) is 0 Å². The number of nitrogen functional groups attached to an aromatic ring is 1. The highest BCUT2D eigenvalue weighted by Crippen LogP contribution is 2.38. The van der Waals surface area contributed by atoms with Crippen molar-refractivity contribution in [3.63, 3.8) is 0 Å². The molecule has 0 heterocycles. The Morgan fingerprint density at radius 3 is 2.26 bits per heavy atom. The maximum absolute atomic E-state index is 12.0. The van der Waals surface area contributed by atoms with Crippen LogP contribution in [0.5, 0.6) is 0 Å². The van der Waals surface area contributed by atoms with Crippen LogP contribution in [0.2, 0.25) is 0 Å². The van der Waals surface area contributed by atoms with Gasteiger partial charge < -0.3 is 10.8 Å². The van der Waals surface area contributed by atoms with Gasteiger partial charge in [0.15, 0.2) is 0 Å². The number of aliphatic carboxylic acids is 1. The Bertz CT molecular complexity index is 435. The number of carbonyl (C=O) groups is 1. The Balaban J connectivity index is 3.60. The molecule has 0 aliphatic carbocycles. The van der Waals surface area contributed by atoms with Crippen molar-refractivity contribution in [2.24, 2.45) is 0 Å². The van der Waals surface area contributed by atoms with Crippen LogP contribution in [-0.2, 0) is 10.3 Å². The van der Waals surface area contributed by atoms with Crippen molar-refractivity contribution >= 4 is 11.7 Å². The molecule has 0 aliphatic rings. The molecule has 1 rings (SSSR count). The number of aryl methyl sites for hydroxylation is 1. The van der Waals surface area contributed by atoms with Crippen molar-refractivity contribution in [2.75, 3.05) is 18.8 Å². The van der Waals surface area contributed by atoms with Gasteiger partial charge in [-0.1, -0.05) is 32.9 Å². The molecule has 0 saturated carbocycles. The summed E-state index contributed by atoms with van der Waals surface area (Å²) in [5.74, 6) is -0.834. The van der Waals surface area contributed by atoms with Gasteiger partial charge >= 0.3 is 5.97 Å². The zero-order valence-electron chi connectivity index (χ0n) is 12.2. The third kappa shape index (κ3) is 2.45. The molecule has 106 valence electrons. The van der Waals surface area contributed by atoms with Crippen molar-refractivity contribution in [2.45, 2.75) is 39.7 Å². The molecule has 1 atom stereocenters. The summed E-state index contributed by atoms with van der Waals surface area (Å²) < 4.78 is 0. The smallest absolute Gasteiger partial charge is 0.328 e. The molecule has 0 fully saturated rings. The van der Waals surface area contributed by atoms with E-state index in [-0.39, 0.29) is 0 Å². The van der Waals surface area contributed by atoms with Crippen LogP contribution < -0.4 is 5.73 Å². The van der Waals surface area contributed by atoms with E-state index in [2.05, 4.69) is 0 Å². The fraction of sp³-hybridized carbons (Fsp3) is 0.533. The molecular weight excluding hydrogens is 240 g/mol. The number of nitrogens with zero attached hydrogens (tertiary/aromatic N) is 1. The highest BCUT2D eigenvalue weighted by atomic mass is 16.4. The molecule has 0 aromatic heterocycles. The average Bonchev–Trinajstić information content (AvgIpc) is 2.37. The quantitative estimate of drug-likeness (QED) is 0.775. The number of nitrogens with two attached hydrogens (primary N) is 1. The lowest BCUT2D eigenvalue weighted by atomic mass is 9.81. The van der Waals surface area contributed by atoms with Crippen LogP contribution in [0.15, 0.2) is 18.2 Å². The number of hydrogen-bond acceptors (Lipinski definition) is 3. The van der Waals surface area contributed by atoms with E-state index < -0.39 is 11.5 Å². The average molecular weight is 264 g/mol. The van der Waals surface area contributed by atoms with E-state index in [1.807, 2.05) is 44.7 Å². The summed E-state index contributed by atoms with van der Waals surface area (Å²) in [6.45, 7) is 9.12. The van der Waals surface area contributed by atoms with Crippen molar-refractivity contribution in [1.29, 1.82) is 0 Å². The second-order valence-electron chi connectivity index (χ2n) is 4.73. The van der Waals surface area contributed by atoms with Gasteiger partial charge in [0.2, 0.25) is 0 Å². The number of anilines is 1. The summed E-state index contributed by atoms with van der Waals surface area (Å²) in [5, 5.41) is 9.86. The first-order valence-corrected chi connectivity index (χ1v) is 6.79. The van der Waals surface area contributed by atoms with E-state index in [1.54, 1.807) is 6.07 Å². The fourth-order valence-corrected chi connectivity index (χ4v) is 2.97. The minimum atomic E-state index is -1.04. The molecule has 1 aromatic rings. The number of hydrogen-bond donors (Lipinski definition) is 2. The van der Waals surface area contributed by atoms with Crippen molar-refractivity contribution in [1.82, 2.24) is 4.90 Å². The summed E-state index contributed by atoms with van der Waals surface area (Å²) >= 11 is 0. The van der Waals surface area contributed by atoms with Crippen LogP contribution >= 0.6 is 0 Å². The molecule has 0 unspecified atom stereocenters. The van der Waals surface area contributed by atoms with Crippen LogP contribution in [0.4, 0.5) is 5.69 Å². The zero-order valence-corrected chi connectivity index (χ0v) is 12.2. The second-order valence-corrected chi connectivity index (χ2v) is 4.73. The maximum Gasteiger partial charge on any atom is 0.328 e. The van der Waals surface area contributed by atoms with E-state index in [1.165, 1.54) is 0 Å². The molecular formula is C15H24N2O2. The molecule has 4 heteroatoms. The summed E-state index contributed by atoms with van der Waals surface area (Å²) in [6, 6.07) is 5.56. The van der Waals surface area contributed by atoms with Gasteiger partial charge in [-0.3, -0.25) is 4.90 Å². The number of carboxylic acid groups (broad SMARTS) is 1. The fourth-order valence-electron chi connectivity index (χ4n) is 2.97. The lowest BCUT2D eigenvalue weighted by Gasteiger charge is -2.41. The van der Waals surface area contributed by atoms with Gasteiger partial charge in [-0.25, -0.2) is 4.79 Å². The monoisotopic (exact) mass is 264 g/mol. The van der Waals surface area contributed by atoms with Crippen LogP contribution in [-0.4, -0.2) is 29.1 Å². The Morgan fingerprint density at radius 1 is 1.32 bits per heavy atom. The van der Waals surface area contributed by atoms with E-state index in [9.17, 15) is 9.90 Å². The standard InChI is InChI=1S/C15H24N2O2/c1-5-15(14(18)19,17(6-2)7-3)13-11(4)9-8-10-12(13)16/h8-10H,5-7,16H2,1-4H3,(H,18,19)/t15-/m1/s1. The van der Waals surface area contributed by atoms with Gasteiger partial charge in [-0.05, 0) is 38.1 Å². The summed E-state index contributed by atoms with van der Waals surface area (Å²) in [7, 11) is 0. The first-order chi connectivity index (χ1) is 8.95. The number of rotatable bonds is 6. The maximum atomic E-state index is 12.0. The van der Waals surface area contributed by atoms with Crippen molar-refractivity contribution in [3.05, 3.63) is 29.3 Å². The van der Waals surface area contributed by atoms with E-state index in [0.29, 0.717) is 25.2 Å². The number of benzene rings is 1. The molecule has 0 amide bonds. The highest BCUT2D eigenvalue weighted by molar-refractivity contribution is 5.84. The Hall–Kier alpha value is -1.55. The Morgan fingerprint density at radius 2 is 1.89 bits per heavy atom. The molecule has 0 radical (unpaired) electrons. The van der Waals surface area contributed by atoms with Gasteiger partial charge in [0.25, 0.3) is 0 Å². The van der Waals surface area contributed by atoms with Crippen LogP contribution in [0.25, 0.3) is 0 Å². The molecule has 1 aromatic carbocycles. The molecule has 0 bridgehead atoms. The van der Waals surface area contributed by atoms with Gasteiger partial charge in [0.1, 0.15) is 5.54 Å². The highest BCUT2D eigenvalue weighted by Gasteiger charge is 2.45. The molecule has 0 aliphatic heterocycles. The third-order valence-corrected chi connectivity index (χ3v) is 3.89. The topological polar surface area (TPSA) is 66.6 Å². The van der Waals surface area contributed by atoms with E-state index in [4.69, 9.17) is 5.73 Å². The molecule has 3 N–H and O–H groups in total. The predicted molar refractivity (Wildman–Crippen MR) is 78.1 cm³/mol. The Kier molecular flexibility index (Phi) is 4.95. The zero-order chi connectivity index (χ0) is 14.6. The molecule has 19 heavy (non-hydrogen) atoms. The minimum Gasteiger partial charge on any atom is -0.480 e. The van der Waals surface area contributed by atoms with Gasteiger partial charge in [0, 0.05) is 11.3 Å². The molecule has 0 saturated heterocycles. The number of likely N-dealkylation sites (N-methyl/N-ethyl adjacent to an activating group) is 1. The molecule has 0 spiro atoms. The normalized spacial score (nSPS) is 14.4. The Labute approximate surface area is 115 Å². The largest absolute Gasteiger partial charge is 0.480 e. The van der Waals surface area contributed by atoms with Gasteiger partial charge in [-0.15, -0.1) is 0 Å². The third-order valence-electron chi connectivity index (χ3n) is 3.89. The number of carboxylic acids is 1. The first-order valence-electron chi connectivity index (χ1n) is 6.79. The van der Waals surface area contributed by atoms with Gasteiger partial charge in [0.05, 0.1) is 0 Å². The molecule has 4 nitrogen and oxygen atoms in total.